The summed E-state index contributed by atoms with van der Waals surface area (Å²) in [4.78, 5) is 27.0. The quantitative estimate of drug-likeness (QED) is 0.392. The molecule has 8 heteroatoms. The van der Waals surface area contributed by atoms with Crippen molar-refractivity contribution in [2.75, 3.05) is 33.8 Å². The zero-order valence-electron chi connectivity index (χ0n) is 14.8. The number of hydrogen-bond donors (Lipinski definition) is 1. The van der Waals surface area contributed by atoms with E-state index in [2.05, 4.69) is 4.90 Å². The van der Waals surface area contributed by atoms with Gasteiger partial charge >= 0.3 is 5.97 Å². The second-order valence-electron chi connectivity index (χ2n) is 6.05. The van der Waals surface area contributed by atoms with Gasteiger partial charge in [-0.05, 0) is 44.3 Å². The average molecular weight is 395 g/mol. The van der Waals surface area contributed by atoms with Gasteiger partial charge in [-0.25, -0.2) is 0 Å². The lowest BCUT2D eigenvalue weighted by molar-refractivity contribution is -0.137. The van der Waals surface area contributed by atoms with Gasteiger partial charge in [-0.3, -0.25) is 14.5 Å². The highest BCUT2D eigenvalue weighted by Gasteiger charge is 2.31. The van der Waals surface area contributed by atoms with Crippen molar-refractivity contribution in [3.63, 3.8) is 0 Å². The molecule has 26 heavy (non-hydrogen) atoms. The van der Waals surface area contributed by atoms with Crippen LogP contribution < -0.4 is 4.74 Å². The number of nitrogens with zero attached hydrogens (tertiary/aromatic N) is 2. The van der Waals surface area contributed by atoms with Crippen LogP contribution in [0.15, 0.2) is 29.2 Å². The van der Waals surface area contributed by atoms with Crippen LogP contribution in [0.2, 0.25) is 0 Å². The summed E-state index contributed by atoms with van der Waals surface area (Å²) in [7, 11) is 4.05. The number of benzene rings is 1. The maximum absolute atomic E-state index is 12.4. The lowest BCUT2D eigenvalue weighted by atomic mass is 10.2. The molecule has 1 aliphatic heterocycles. The Kier molecular flexibility index (Phi) is 7.62. The van der Waals surface area contributed by atoms with Crippen LogP contribution >= 0.6 is 24.0 Å². The van der Waals surface area contributed by atoms with Gasteiger partial charge in [0.25, 0.3) is 5.91 Å². The number of aliphatic carboxylic acids is 1. The molecule has 0 radical (unpaired) electrons. The molecule has 1 amide bonds. The summed E-state index contributed by atoms with van der Waals surface area (Å²) < 4.78 is 6.08. The average Bonchev–Trinajstić information content (AvgIpc) is 2.84. The van der Waals surface area contributed by atoms with E-state index in [0.29, 0.717) is 15.8 Å². The third kappa shape index (κ3) is 6.12. The number of hydrogen-bond acceptors (Lipinski definition) is 6. The number of carboxylic acid groups (broad SMARTS) is 1. The first kappa shape index (κ1) is 20.4. The molecule has 1 aliphatic rings. The zero-order valence-corrected chi connectivity index (χ0v) is 16.4. The van der Waals surface area contributed by atoms with E-state index in [1.807, 2.05) is 38.4 Å². The van der Waals surface area contributed by atoms with Gasteiger partial charge in [0, 0.05) is 13.1 Å². The van der Waals surface area contributed by atoms with Gasteiger partial charge in [0.15, 0.2) is 0 Å². The molecule has 0 saturated carbocycles. The minimum atomic E-state index is -0.954. The molecular formula is C18H22N2O4S2. The summed E-state index contributed by atoms with van der Waals surface area (Å²) in [6, 6.07) is 7.50. The standard InChI is InChI=1S/C18H22N2O4S2/c1-19(2)9-3-11-24-14-6-4-13(5-7-14)12-15-17(23)20(18(25)26-15)10-8-16(21)22/h4-7,12H,3,8-11H2,1-2H3,(H,21,22)/b15-12-. The predicted octanol–water partition coefficient (Wildman–Crippen LogP) is 2.69. The van der Waals surface area contributed by atoms with Crippen molar-refractivity contribution >= 4 is 46.3 Å². The van der Waals surface area contributed by atoms with Gasteiger partial charge in [0.05, 0.1) is 17.9 Å². The number of thiocarbonyl (C=S) groups is 1. The van der Waals surface area contributed by atoms with E-state index in [4.69, 9.17) is 22.1 Å². The van der Waals surface area contributed by atoms with Crippen molar-refractivity contribution in [2.45, 2.75) is 12.8 Å². The molecule has 0 aliphatic carbocycles. The molecule has 0 unspecified atom stereocenters. The molecule has 1 N–H and O–H groups in total. The molecule has 1 aromatic rings. The summed E-state index contributed by atoms with van der Waals surface area (Å²) in [5.74, 6) is -0.413. The van der Waals surface area contributed by atoms with Crippen molar-refractivity contribution < 1.29 is 19.4 Å². The Morgan fingerprint density at radius 2 is 2.04 bits per heavy atom. The van der Waals surface area contributed by atoms with Crippen molar-refractivity contribution in [2.24, 2.45) is 0 Å². The minimum absolute atomic E-state index is 0.0943. The molecule has 0 atom stereocenters. The van der Waals surface area contributed by atoms with E-state index in [9.17, 15) is 9.59 Å². The maximum Gasteiger partial charge on any atom is 0.305 e. The van der Waals surface area contributed by atoms with Crippen LogP contribution in [0.5, 0.6) is 5.75 Å². The minimum Gasteiger partial charge on any atom is -0.494 e. The lowest BCUT2D eigenvalue weighted by Gasteiger charge is -2.12. The SMILES string of the molecule is CN(C)CCCOc1ccc(/C=C2\SC(=S)N(CCC(=O)O)C2=O)cc1. The van der Waals surface area contributed by atoms with E-state index in [1.54, 1.807) is 6.08 Å². The summed E-state index contributed by atoms with van der Waals surface area (Å²) in [5.41, 5.74) is 0.865. The summed E-state index contributed by atoms with van der Waals surface area (Å²) in [5, 5.41) is 8.76. The van der Waals surface area contributed by atoms with Crippen LogP contribution in [-0.4, -0.2) is 64.9 Å². The van der Waals surface area contributed by atoms with Crippen molar-refractivity contribution in [1.82, 2.24) is 9.80 Å². The van der Waals surface area contributed by atoms with Gasteiger partial charge in [-0.15, -0.1) is 0 Å². The first-order chi connectivity index (χ1) is 12.4. The fourth-order valence-corrected chi connectivity index (χ4v) is 3.59. The third-order valence-electron chi connectivity index (χ3n) is 3.62. The lowest BCUT2D eigenvalue weighted by Crippen LogP contribution is -2.30. The second-order valence-corrected chi connectivity index (χ2v) is 7.73. The molecule has 2 rings (SSSR count). The van der Waals surface area contributed by atoms with Crippen LogP contribution in [-0.2, 0) is 9.59 Å². The van der Waals surface area contributed by atoms with Gasteiger partial charge in [0.2, 0.25) is 0 Å². The highest BCUT2D eigenvalue weighted by atomic mass is 32.2. The fourth-order valence-electron chi connectivity index (χ4n) is 2.28. The number of ether oxygens (including phenoxy) is 1. The maximum atomic E-state index is 12.4. The zero-order chi connectivity index (χ0) is 19.1. The Labute approximate surface area is 162 Å². The Morgan fingerprint density at radius 1 is 1.35 bits per heavy atom. The smallest absolute Gasteiger partial charge is 0.305 e. The van der Waals surface area contributed by atoms with Gasteiger partial charge in [-0.2, -0.15) is 0 Å². The molecule has 0 spiro atoms. The van der Waals surface area contributed by atoms with Crippen molar-refractivity contribution in [1.29, 1.82) is 0 Å². The van der Waals surface area contributed by atoms with E-state index >= 15 is 0 Å². The van der Waals surface area contributed by atoms with Crippen LogP contribution in [0.4, 0.5) is 0 Å². The van der Waals surface area contributed by atoms with Crippen molar-refractivity contribution in [3.05, 3.63) is 34.7 Å². The molecule has 1 aromatic carbocycles. The molecule has 6 nitrogen and oxygen atoms in total. The number of carbonyl (C=O) groups is 2. The summed E-state index contributed by atoms with van der Waals surface area (Å²) in [6.07, 6.45) is 2.59. The van der Waals surface area contributed by atoms with Crippen LogP contribution in [0.25, 0.3) is 6.08 Å². The number of amides is 1. The van der Waals surface area contributed by atoms with E-state index in [0.717, 1.165) is 24.3 Å². The van der Waals surface area contributed by atoms with Crippen LogP contribution in [0.3, 0.4) is 0 Å². The summed E-state index contributed by atoms with van der Waals surface area (Å²) >= 11 is 6.36. The molecule has 140 valence electrons. The fraction of sp³-hybridized carbons (Fsp3) is 0.389. The molecule has 0 aromatic heterocycles. The molecule has 1 fully saturated rings. The number of rotatable bonds is 9. The first-order valence-corrected chi connectivity index (χ1v) is 9.44. The predicted molar refractivity (Wildman–Crippen MR) is 107 cm³/mol. The molecule has 0 bridgehead atoms. The third-order valence-corrected chi connectivity index (χ3v) is 5.00. The first-order valence-electron chi connectivity index (χ1n) is 8.21. The second kappa shape index (κ2) is 9.70. The van der Waals surface area contributed by atoms with Gasteiger partial charge in [0.1, 0.15) is 10.1 Å². The Morgan fingerprint density at radius 3 is 2.65 bits per heavy atom. The molecule has 1 saturated heterocycles. The Hall–Kier alpha value is -1.90. The highest BCUT2D eigenvalue weighted by Crippen LogP contribution is 2.32. The van der Waals surface area contributed by atoms with Crippen molar-refractivity contribution in [3.8, 4) is 5.75 Å². The van der Waals surface area contributed by atoms with Gasteiger partial charge in [-0.1, -0.05) is 36.1 Å². The van der Waals surface area contributed by atoms with E-state index in [-0.39, 0.29) is 18.9 Å². The Bertz CT molecular complexity index is 702. The normalized spacial score (nSPS) is 16.0. The Balaban J connectivity index is 1.93. The summed E-state index contributed by atoms with van der Waals surface area (Å²) in [6.45, 7) is 1.72. The largest absolute Gasteiger partial charge is 0.494 e. The van der Waals surface area contributed by atoms with Gasteiger partial charge < -0.3 is 14.7 Å². The molecular weight excluding hydrogens is 372 g/mol. The van der Waals surface area contributed by atoms with Crippen LogP contribution in [0, 0.1) is 0 Å². The van der Waals surface area contributed by atoms with Crippen LogP contribution in [0.1, 0.15) is 18.4 Å². The highest BCUT2D eigenvalue weighted by molar-refractivity contribution is 8.26. The number of thioether (sulfide) groups is 1. The topological polar surface area (TPSA) is 70.1 Å². The van der Waals surface area contributed by atoms with E-state index < -0.39 is 5.97 Å². The number of carboxylic acids is 1. The molecule has 1 heterocycles. The monoisotopic (exact) mass is 394 g/mol. The van der Waals surface area contributed by atoms with E-state index in [1.165, 1.54) is 16.7 Å². The number of carbonyl (C=O) groups excluding carboxylic acids is 1.